The third-order valence-corrected chi connectivity index (χ3v) is 11.1. The molecule has 0 amide bonds. The number of piperazine rings is 1. The molecule has 1 fully saturated rings. The van der Waals surface area contributed by atoms with Crippen LogP contribution in [-0.2, 0) is 58.2 Å². The Bertz CT molecular complexity index is 2470. The molecule has 28 heteroatoms. The first kappa shape index (κ1) is 71.8. The van der Waals surface area contributed by atoms with Gasteiger partial charge in [0.15, 0.2) is 0 Å². The Balaban J connectivity index is 0. The van der Waals surface area contributed by atoms with E-state index in [0.29, 0.717) is 17.9 Å². The number of carbonyl (C=O) groups is 8. The van der Waals surface area contributed by atoms with Crippen molar-refractivity contribution in [1.29, 1.82) is 0 Å². The topological polar surface area (TPSA) is 408 Å². The summed E-state index contributed by atoms with van der Waals surface area (Å²) in [5.41, 5.74) is 1.70. The van der Waals surface area contributed by atoms with Gasteiger partial charge in [-0.2, -0.15) is 0 Å². The summed E-state index contributed by atoms with van der Waals surface area (Å²) in [6.45, 7) is 6.60. The van der Waals surface area contributed by atoms with Crippen molar-refractivity contribution in [3.63, 3.8) is 0 Å². The minimum absolute atomic E-state index is 0. The number of halogens is 4. The summed E-state index contributed by atoms with van der Waals surface area (Å²) in [7, 11) is 0. The van der Waals surface area contributed by atoms with Crippen LogP contribution in [0.2, 0.25) is 0 Å². The molecule has 0 bridgehead atoms. The Morgan fingerprint density at radius 1 is 0.382 bits per heavy atom. The van der Waals surface area contributed by atoms with E-state index < -0.39 is 47.8 Å². The summed E-state index contributed by atoms with van der Waals surface area (Å²) >= 11 is 12.0. The van der Waals surface area contributed by atoms with Gasteiger partial charge in [-0.1, -0.05) is 63.7 Å². The van der Waals surface area contributed by atoms with Crippen LogP contribution < -0.4 is 20.4 Å². The van der Waals surface area contributed by atoms with E-state index in [-0.39, 0.29) is 89.6 Å². The van der Waals surface area contributed by atoms with Crippen LogP contribution in [0.25, 0.3) is 0 Å². The molecule has 10 N–H and O–H groups in total. The third-order valence-electron chi connectivity index (χ3n) is 9.30. The number of carboxylic acid groups (broad SMARTS) is 8. The van der Waals surface area contributed by atoms with Gasteiger partial charge in [0.25, 0.3) is 0 Å². The monoisotopic (exact) mass is 1400 g/mol. The second-order valence-corrected chi connectivity index (χ2v) is 18.2. The van der Waals surface area contributed by atoms with Crippen LogP contribution in [0.4, 0.5) is 0 Å². The normalized spacial score (nSPS) is 11.1. The molecule has 0 saturated carbocycles. The van der Waals surface area contributed by atoms with Crippen molar-refractivity contribution in [2.75, 3.05) is 26.2 Å². The zero-order valence-corrected chi connectivity index (χ0v) is 46.8. The van der Waals surface area contributed by atoms with Crippen molar-refractivity contribution in [1.82, 2.24) is 19.8 Å². The van der Waals surface area contributed by atoms with Crippen LogP contribution in [0.15, 0.2) is 140 Å². The zero-order chi connectivity index (χ0) is 53.7. The molecule has 0 spiro atoms. The standard InChI is InChI=1S/C16H20N4.4C8H5BrO4.2Cu.2H2O/c1-5-17-6-2-15(1)13-19-9-11-20(12-10-19)14-16-3-7-18-8-4-16;4*9-6-2-4(7(10)11)1-5(3-6)8(12)13;;;;/h1-8H,9-14H2;4*1-3H,(H,10,11)(H,12,13);;;2*1H2/q;;;;;2*+2;;/p-2. The van der Waals surface area contributed by atoms with E-state index in [0.717, 1.165) is 63.5 Å². The van der Waals surface area contributed by atoms with Crippen molar-refractivity contribution in [3.8, 4) is 0 Å². The molecule has 0 unspecified atom stereocenters. The van der Waals surface area contributed by atoms with E-state index in [4.69, 9.17) is 20.4 Å². The number of rotatable bonds is 12. The fourth-order valence-electron chi connectivity index (χ4n) is 5.92. The molecule has 76 heavy (non-hydrogen) atoms. The molecule has 1 aliphatic heterocycles. The maximum absolute atomic E-state index is 10.5. The van der Waals surface area contributed by atoms with Crippen LogP contribution in [0, 0.1) is 0 Å². The largest absolute Gasteiger partial charge is 2.00 e. The van der Waals surface area contributed by atoms with E-state index in [1.165, 1.54) is 59.7 Å². The Kier molecular flexibility index (Phi) is 33.9. The summed E-state index contributed by atoms with van der Waals surface area (Å²) in [6, 6.07) is 23.0. The van der Waals surface area contributed by atoms with Gasteiger partial charge < -0.3 is 71.0 Å². The predicted octanol–water partition coefficient (Wildman–Crippen LogP) is 1.99. The van der Waals surface area contributed by atoms with Crippen molar-refractivity contribution in [2.24, 2.45) is 0 Å². The molecule has 4 aromatic carbocycles. The minimum atomic E-state index is -1.40. The molecular weight excluding hydrogens is 1370 g/mol. The first-order valence-electron chi connectivity index (χ1n) is 20.2. The van der Waals surface area contributed by atoms with Gasteiger partial charge in [0.2, 0.25) is 0 Å². The second-order valence-electron chi connectivity index (χ2n) is 14.5. The summed E-state index contributed by atoms with van der Waals surface area (Å²) in [5.74, 6) is -10.3. The van der Waals surface area contributed by atoms with Gasteiger partial charge in [0.05, 0.1) is 46.1 Å². The average molecular weight is 1410 g/mol. The van der Waals surface area contributed by atoms with Crippen LogP contribution in [0.5, 0.6) is 0 Å². The molecule has 0 atom stereocenters. The summed E-state index contributed by atoms with van der Waals surface area (Å²) in [5, 5.41) is 75.9. The minimum Gasteiger partial charge on any atom is -0.545 e. The molecule has 2 aromatic heterocycles. The second kappa shape index (κ2) is 35.9. The van der Waals surface area contributed by atoms with Gasteiger partial charge in [-0.3, -0.25) is 19.8 Å². The predicted molar refractivity (Wildman–Crippen MR) is 270 cm³/mol. The molecule has 1 aliphatic rings. The summed E-state index contributed by atoms with van der Waals surface area (Å²) < 4.78 is 1.58. The molecule has 1 saturated heterocycles. The fourth-order valence-corrected chi connectivity index (χ4v) is 7.90. The van der Waals surface area contributed by atoms with E-state index >= 15 is 0 Å². The fraction of sp³-hybridized carbons (Fsp3) is 0.125. The maximum Gasteiger partial charge on any atom is 2.00 e. The van der Waals surface area contributed by atoms with Crippen LogP contribution >= 0.6 is 63.7 Å². The molecule has 6 aromatic rings. The van der Waals surface area contributed by atoms with Crippen molar-refractivity contribution in [2.45, 2.75) is 13.1 Å². The molecular formula is C48H42Br4Cu2N4O18+2. The Hall–Kier alpha value is -6.26. The van der Waals surface area contributed by atoms with Gasteiger partial charge >= 0.3 is 58.0 Å². The van der Waals surface area contributed by atoms with Crippen LogP contribution in [0.1, 0.15) is 94.0 Å². The van der Waals surface area contributed by atoms with Crippen LogP contribution in [0.3, 0.4) is 0 Å². The zero-order valence-electron chi connectivity index (χ0n) is 38.5. The number of nitrogens with zero attached hydrogens (tertiary/aromatic N) is 4. The maximum atomic E-state index is 10.5. The third kappa shape index (κ3) is 26.0. The van der Waals surface area contributed by atoms with E-state index in [1.54, 1.807) is 0 Å². The first-order chi connectivity index (χ1) is 33.9. The quantitative estimate of drug-likeness (QED) is 0.100. The van der Waals surface area contributed by atoms with Crippen molar-refractivity contribution in [3.05, 3.63) is 195 Å². The number of carboxylic acids is 8. The van der Waals surface area contributed by atoms with Gasteiger partial charge in [-0.05, 0) is 130 Å². The summed E-state index contributed by atoms with van der Waals surface area (Å²) in [4.78, 5) is 96.7. The molecule has 410 valence electrons. The molecule has 22 nitrogen and oxygen atoms in total. The Labute approximate surface area is 486 Å². The number of hydrogen-bond donors (Lipinski definition) is 4. The molecule has 7 rings (SSSR count). The van der Waals surface area contributed by atoms with Crippen LogP contribution in [-0.4, -0.2) is 114 Å². The number of aromatic nitrogens is 2. The number of hydrogen-bond acceptors (Lipinski definition) is 16. The number of carbonyl (C=O) groups excluding carboxylic acids is 4. The molecule has 2 radical (unpaired) electrons. The number of pyridine rings is 2. The van der Waals surface area contributed by atoms with E-state index in [9.17, 15) is 58.8 Å². The van der Waals surface area contributed by atoms with E-state index in [1.807, 2.05) is 24.8 Å². The van der Waals surface area contributed by atoms with Gasteiger partial charge in [0.1, 0.15) is 0 Å². The Morgan fingerprint density at radius 2 is 0.566 bits per heavy atom. The van der Waals surface area contributed by atoms with Gasteiger partial charge in [0, 0.05) is 81.9 Å². The molecule has 3 heterocycles. The Morgan fingerprint density at radius 3 is 0.737 bits per heavy atom. The average Bonchev–Trinajstić information content (AvgIpc) is 3.32. The number of benzene rings is 4. The molecule has 0 aliphatic carbocycles. The van der Waals surface area contributed by atoms with Gasteiger partial charge in [-0.25, -0.2) is 19.2 Å². The van der Waals surface area contributed by atoms with Crippen molar-refractivity contribution >= 4 is 111 Å². The summed E-state index contributed by atoms with van der Waals surface area (Å²) in [6.07, 6.45) is 7.48. The SMILES string of the molecule is O=C([O-])c1cc(Br)cc(C(=O)O)c1.O=C([O-])c1cc(Br)cc(C(=O)O)c1.O=C([O-])c1cc(Br)cc(C(=O)O)c1.O=C([O-])c1cc(Br)cc(C(=O)O)c1.[Cu+2].[Cu+2].[OH3+].[OH3+].c1cc(CN2CCN(Cc3ccncc3)CC2)ccn1. The van der Waals surface area contributed by atoms with Crippen molar-refractivity contribution < 1.29 is 124 Å². The first-order valence-corrected chi connectivity index (χ1v) is 23.3. The number of aromatic carboxylic acids is 8. The van der Waals surface area contributed by atoms with Gasteiger partial charge in [-0.15, -0.1) is 0 Å². The smallest absolute Gasteiger partial charge is 0.545 e. The van der Waals surface area contributed by atoms with E-state index in [2.05, 4.69) is 108 Å².